The Balaban J connectivity index is 1.63. The molecule has 0 fully saturated rings. The van der Waals surface area contributed by atoms with E-state index in [9.17, 15) is 0 Å². The fourth-order valence-electron chi connectivity index (χ4n) is 4.64. The summed E-state index contributed by atoms with van der Waals surface area (Å²) in [7, 11) is 0. The number of fused-ring (bicyclic) bond motifs is 2. The summed E-state index contributed by atoms with van der Waals surface area (Å²) in [6.07, 6.45) is 1.91. The summed E-state index contributed by atoms with van der Waals surface area (Å²) in [6, 6.07) is 36.1. The summed E-state index contributed by atoms with van der Waals surface area (Å²) in [5, 5.41) is 3.46. The van der Waals surface area contributed by atoms with Crippen LogP contribution in [-0.4, -0.2) is 4.98 Å². The van der Waals surface area contributed by atoms with Crippen LogP contribution in [0.3, 0.4) is 0 Å². The second kappa shape index (κ2) is 8.31. The minimum atomic E-state index is 0.460. The number of aromatic nitrogens is 1. The molecule has 0 N–H and O–H groups in total. The van der Waals surface area contributed by atoms with Crippen LogP contribution in [0, 0.1) is 0 Å². The molecule has 0 radical (unpaired) electrons. The zero-order valence-corrected chi connectivity index (χ0v) is 19.3. The maximum absolute atomic E-state index is 6.45. The quantitative estimate of drug-likeness (QED) is 0.274. The van der Waals surface area contributed by atoms with E-state index >= 15 is 0 Å². The summed E-state index contributed by atoms with van der Waals surface area (Å²) >= 11 is 0. The highest BCUT2D eigenvalue weighted by molar-refractivity contribution is 6.02. The average Bonchev–Trinajstić information content (AvgIpc) is 3.33. The first-order valence-electron chi connectivity index (χ1n) is 11.7. The third-order valence-electron chi connectivity index (χ3n) is 6.49. The number of nitrogens with zero attached hydrogens (tertiary/aromatic N) is 1. The number of furan rings is 1. The van der Waals surface area contributed by atoms with Crippen molar-refractivity contribution in [1.82, 2.24) is 4.98 Å². The number of hydrogen-bond acceptors (Lipinski definition) is 2. The monoisotopic (exact) mass is 439 g/mol. The maximum Gasteiger partial charge on any atom is 0.142 e. The van der Waals surface area contributed by atoms with Crippen molar-refractivity contribution in [2.24, 2.45) is 0 Å². The molecule has 34 heavy (non-hydrogen) atoms. The van der Waals surface area contributed by atoms with Crippen molar-refractivity contribution >= 4 is 21.7 Å². The van der Waals surface area contributed by atoms with Gasteiger partial charge in [-0.25, -0.2) is 0 Å². The molecule has 0 saturated heterocycles. The van der Waals surface area contributed by atoms with Crippen LogP contribution in [0.2, 0.25) is 0 Å². The van der Waals surface area contributed by atoms with Gasteiger partial charge in [0.25, 0.3) is 0 Å². The molecule has 2 aromatic heterocycles. The lowest BCUT2D eigenvalue weighted by Crippen LogP contribution is -1.91. The van der Waals surface area contributed by atoms with E-state index < -0.39 is 0 Å². The van der Waals surface area contributed by atoms with Gasteiger partial charge < -0.3 is 4.42 Å². The van der Waals surface area contributed by atoms with E-state index in [4.69, 9.17) is 9.40 Å². The smallest absolute Gasteiger partial charge is 0.142 e. The zero-order valence-electron chi connectivity index (χ0n) is 19.3. The highest BCUT2D eigenvalue weighted by Gasteiger charge is 2.16. The lowest BCUT2D eigenvalue weighted by Gasteiger charge is -2.12. The van der Waals surface area contributed by atoms with Crippen LogP contribution in [0.4, 0.5) is 0 Å². The largest absolute Gasteiger partial charge is 0.455 e. The highest BCUT2D eigenvalue weighted by Crippen LogP contribution is 2.39. The van der Waals surface area contributed by atoms with Gasteiger partial charge in [-0.3, -0.25) is 4.98 Å². The Morgan fingerprint density at radius 2 is 1.38 bits per heavy atom. The fraction of sp³-hybridized carbons (Fsp3) is 0.0938. The number of benzene rings is 4. The Kier molecular flexibility index (Phi) is 5.00. The molecule has 0 unspecified atom stereocenters. The molecule has 0 aliphatic heterocycles. The Bertz CT molecular complexity index is 1610. The molecule has 0 amide bonds. The molecule has 0 saturated carbocycles. The van der Waals surface area contributed by atoms with Crippen molar-refractivity contribution in [2.75, 3.05) is 0 Å². The molecule has 2 nitrogen and oxygen atoms in total. The molecular formula is C32H25NO. The topological polar surface area (TPSA) is 26.0 Å². The third kappa shape index (κ3) is 3.58. The van der Waals surface area contributed by atoms with E-state index in [-0.39, 0.29) is 0 Å². The highest BCUT2D eigenvalue weighted by atomic mass is 16.3. The average molecular weight is 440 g/mol. The molecular weight excluding hydrogens is 414 g/mol. The zero-order chi connectivity index (χ0) is 23.1. The predicted octanol–water partition coefficient (Wildman–Crippen LogP) is 9.11. The molecule has 0 aliphatic rings. The van der Waals surface area contributed by atoms with Crippen molar-refractivity contribution in [3.05, 3.63) is 115 Å². The lowest BCUT2D eigenvalue weighted by atomic mass is 9.94. The number of hydrogen-bond donors (Lipinski definition) is 0. The molecule has 0 bridgehead atoms. The van der Waals surface area contributed by atoms with Crippen LogP contribution in [0.25, 0.3) is 55.4 Å². The number of rotatable bonds is 4. The van der Waals surface area contributed by atoms with Crippen LogP contribution in [0.15, 0.2) is 114 Å². The first-order valence-corrected chi connectivity index (χ1v) is 11.7. The summed E-state index contributed by atoms with van der Waals surface area (Å²) in [4.78, 5) is 4.85. The van der Waals surface area contributed by atoms with Crippen molar-refractivity contribution < 1.29 is 4.42 Å². The molecule has 164 valence electrons. The van der Waals surface area contributed by atoms with Crippen LogP contribution >= 0.6 is 0 Å². The van der Waals surface area contributed by atoms with Gasteiger partial charge in [0, 0.05) is 33.7 Å². The summed E-state index contributed by atoms with van der Waals surface area (Å²) < 4.78 is 6.45. The van der Waals surface area contributed by atoms with E-state index in [0.29, 0.717) is 5.92 Å². The van der Waals surface area contributed by atoms with Crippen LogP contribution in [0.1, 0.15) is 25.3 Å². The Labute approximate surface area is 199 Å². The fourth-order valence-corrected chi connectivity index (χ4v) is 4.64. The molecule has 6 rings (SSSR count). The third-order valence-corrected chi connectivity index (χ3v) is 6.49. The molecule has 0 spiro atoms. The van der Waals surface area contributed by atoms with E-state index in [0.717, 1.165) is 44.7 Å². The van der Waals surface area contributed by atoms with Crippen molar-refractivity contribution in [3.8, 4) is 33.7 Å². The van der Waals surface area contributed by atoms with Gasteiger partial charge >= 0.3 is 0 Å². The van der Waals surface area contributed by atoms with E-state index in [2.05, 4.69) is 92.7 Å². The predicted molar refractivity (Wildman–Crippen MR) is 142 cm³/mol. The molecule has 2 heteroatoms. The SMILES string of the molecule is CC(C)c1ccc2ccnc(-c3cc(-c4ccccc4)c4oc(-c5ccccc5)cc4c3)c2c1. The molecule has 2 heterocycles. The van der Waals surface area contributed by atoms with Crippen LogP contribution in [0.5, 0.6) is 0 Å². The van der Waals surface area contributed by atoms with Gasteiger partial charge in [-0.15, -0.1) is 0 Å². The Morgan fingerprint density at radius 3 is 2.12 bits per heavy atom. The molecule has 0 aliphatic carbocycles. The first-order chi connectivity index (χ1) is 16.7. The Hall–Kier alpha value is -4.17. The standard InChI is InChI=1S/C32H25NO/c1-21(2)25-14-13-23-15-16-33-31(28(23)18-25)26-17-27-20-30(24-11-7-4-8-12-24)34-32(27)29(19-26)22-9-5-3-6-10-22/h3-21H,1-2H3. The van der Waals surface area contributed by atoms with Crippen molar-refractivity contribution in [3.63, 3.8) is 0 Å². The van der Waals surface area contributed by atoms with E-state index in [1.54, 1.807) is 0 Å². The van der Waals surface area contributed by atoms with Gasteiger partial charge in [0.05, 0.1) is 5.69 Å². The summed E-state index contributed by atoms with van der Waals surface area (Å²) in [6.45, 7) is 4.46. The minimum Gasteiger partial charge on any atom is -0.455 e. The van der Waals surface area contributed by atoms with Crippen LogP contribution < -0.4 is 0 Å². The van der Waals surface area contributed by atoms with Crippen LogP contribution in [-0.2, 0) is 0 Å². The molecule has 4 aromatic carbocycles. The normalized spacial score (nSPS) is 11.5. The molecule has 0 atom stereocenters. The van der Waals surface area contributed by atoms with E-state index in [1.165, 1.54) is 16.3 Å². The van der Waals surface area contributed by atoms with Gasteiger partial charge in [0.2, 0.25) is 0 Å². The second-order valence-corrected chi connectivity index (χ2v) is 9.08. The van der Waals surface area contributed by atoms with E-state index in [1.807, 2.05) is 30.5 Å². The lowest BCUT2D eigenvalue weighted by molar-refractivity contribution is 0.632. The second-order valence-electron chi connectivity index (χ2n) is 9.08. The first kappa shape index (κ1) is 20.4. The van der Waals surface area contributed by atoms with Crippen molar-refractivity contribution in [2.45, 2.75) is 19.8 Å². The minimum absolute atomic E-state index is 0.460. The van der Waals surface area contributed by atoms with Gasteiger partial charge in [-0.2, -0.15) is 0 Å². The van der Waals surface area contributed by atoms with Gasteiger partial charge in [0.15, 0.2) is 0 Å². The summed E-state index contributed by atoms with van der Waals surface area (Å²) in [5.74, 6) is 1.33. The van der Waals surface area contributed by atoms with Gasteiger partial charge in [-0.05, 0) is 52.8 Å². The summed E-state index contributed by atoms with van der Waals surface area (Å²) in [5.41, 5.74) is 7.60. The van der Waals surface area contributed by atoms with Gasteiger partial charge in [0.1, 0.15) is 11.3 Å². The Morgan fingerprint density at radius 1 is 0.647 bits per heavy atom. The maximum atomic E-state index is 6.45. The number of pyridine rings is 1. The molecule has 6 aromatic rings. The van der Waals surface area contributed by atoms with Gasteiger partial charge in [-0.1, -0.05) is 86.6 Å². The van der Waals surface area contributed by atoms with Crippen molar-refractivity contribution in [1.29, 1.82) is 0 Å².